The van der Waals surface area contributed by atoms with Crippen molar-refractivity contribution < 1.29 is 19.8 Å². The van der Waals surface area contributed by atoms with Gasteiger partial charge in [0.2, 0.25) is 0 Å². The normalized spacial score (nSPS) is 16.4. The lowest BCUT2D eigenvalue weighted by molar-refractivity contribution is -0.142. The molecule has 0 saturated carbocycles. The van der Waals surface area contributed by atoms with Crippen LogP contribution in [0.15, 0.2) is 9.98 Å². The summed E-state index contributed by atoms with van der Waals surface area (Å²) >= 11 is 2.92. The minimum absolute atomic E-state index is 0.376. The summed E-state index contributed by atoms with van der Waals surface area (Å²) in [4.78, 5) is 29.2. The van der Waals surface area contributed by atoms with Crippen LogP contribution in [-0.2, 0) is 9.59 Å². The first-order chi connectivity index (χ1) is 12.7. The number of carboxylic acids is 2. The van der Waals surface area contributed by atoms with Gasteiger partial charge in [-0.3, -0.25) is 19.6 Å². The fraction of sp³-hybridized carbons (Fsp3) is 0.750. The Morgan fingerprint density at radius 3 is 1.32 bits per heavy atom. The first-order valence-corrected chi connectivity index (χ1v) is 10.8. The van der Waals surface area contributed by atoms with Gasteiger partial charge >= 0.3 is 11.9 Å². The average Bonchev–Trinajstić information content (AvgIpc) is 2.53. The molecule has 0 radical (unpaired) electrons. The molecule has 0 rings (SSSR count). The summed E-state index contributed by atoms with van der Waals surface area (Å²) in [7, 11) is 0. The molecule has 0 bridgehead atoms. The minimum atomic E-state index is -1.16. The second-order valence-corrected chi connectivity index (χ2v) is 8.81. The van der Waals surface area contributed by atoms with E-state index in [0.717, 1.165) is 11.5 Å². The quantitative estimate of drug-likeness (QED) is 0.134. The number of carboxylic acid groups (broad SMARTS) is 2. The predicted octanol–water partition coefficient (Wildman–Crippen LogP) is -0.203. The average molecular weight is 439 g/mol. The summed E-state index contributed by atoms with van der Waals surface area (Å²) in [5.41, 5.74) is 19.4. The van der Waals surface area contributed by atoms with Gasteiger partial charge in [0.25, 0.3) is 0 Å². The van der Waals surface area contributed by atoms with E-state index in [2.05, 4.69) is 9.98 Å². The smallest absolute Gasteiger partial charge is 0.324 e. The van der Waals surface area contributed by atoms with Gasteiger partial charge in [-0.1, -0.05) is 0 Å². The van der Waals surface area contributed by atoms with E-state index in [0.29, 0.717) is 36.3 Å². The molecule has 164 valence electrons. The molecular formula is C16H34N6O4S2. The number of carbonyl (C=O) groups is 2. The number of aliphatic imine (C=N–C) groups is 2. The van der Waals surface area contributed by atoms with Crippen molar-refractivity contribution in [2.75, 3.05) is 36.1 Å². The van der Waals surface area contributed by atoms with Crippen molar-refractivity contribution in [3.63, 3.8) is 0 Å². The third-order valence-electron chi connectivity index (χ3n) is 2.97. The molecule has 0 aromatic carbocycles. The van der Waals surface area contributed by atoms with Gasteiger partial charge in [0.05, 0.1) is 11.7 Å². The van der Waals surface area contributed by atoms with Crippen LogP contribution in [0, 0.1) is 0 Å². The van der Waals surface area contributed by atoms with Gasteiger partial charge < -0.3 is 33.1 Å². The van der Waals surface area contributed by atoms with Gasteiger partial charge in [-0.15, -0.1) is 0 Å². The zero-order valence-corrected chi connectivity index (χ0v) is 18.6. The molecule has 2 unspecified atom stereocenters. The molecule has 0 aliphatic heterocycles. The highest BCUT2D eigenvalue weighted by Crippen LogP contribution is 2.11. The Labute approximate surface area is 175 Å². The minimum Gasteiger partial charge on any atom is -0.480 e. The van der Waals surface area contributed by atoms with Crippen molar-refractivity contribution in [3.05, 3.63) is 0 Å². The zero-order valence-electron chi connectivity index (χ0n) is 17.0. The Hall–Kier alpha value is -1.50. The fourth-order valence-electron chi connectivity index (χ4n) is 1.26. The fourth-order valence-corrected chi connectivity index (χ4v) is 3.09. The second kappa shape index (κ2) is 14.5. The first kappa shape index (κ1) is 28.7. The lowest BCUT2D eigenvalue weighted by Crippen LogP contribution is -2.47. The van der Waals surface area contributed by atoms with E-state index in [1.807, 2.05) is 0 Å². The summed E-state index contributed by atoms with van der Waals surface area (Å²) in [6.07, 6.45) is 0. The molecule has 0 amide bonds. The number of amidine groups is 2. The number of hydrogen-bond donors (Lipinski definition) is 6. The molecule has 0 aliphatic rings. The summed E-state index contributed by atoms with van der Waals surface area (Å²) in [5.74, 6) is 1.33. The zero-order chi connectivity index (χ0) is 22.4. The van der Waals surface area contributed by atoms with E-state index >= 15 is 0 Å². The number of nitrogens with zero attached hydrogens (tertiary/aromatic N) is 2. The van der Waals surface area contributed by atoms with E-state index in [-0.39, 0.29) is 0 Å². The van der Waals surface area contributed by atoms with Crippen LogP contribution in [0.2, 0.25) is 0 Å². The van der Waals surface area contributed by atoms with Crippen LogP contribution in [0.3, 0.4) is 0 Å². The van der Waals surface area contributed by atoms with Crippen molar-refractivity contribution in [2.24, 2.45) is 32.9 Å². The van der Waals surface area contributed by atoms with Crippen LogP contribution in [0.25, 0.3) is 0 Å². The molecule has 28 heavy (non-hydrogen) atoms. The monoisotopic (exact) mass is 438 g/mol. The standard InChI is InChI=1S/2C8H17N3O2S/c2*1-6(9)11-3-4-14-5-8(2,10)7(12)13/h2*3-5,10H2,1-2H3,(H2,9,11)(H,12,13). The lowest BCUT2D eigenvalue weighted by Gasteiger charge is -2.17. The largest absolute Gasteiger partial charge is 0.480 e. The molecule has 12 heteroatoms. The van der Waals surface area contributed by atoms with Gasteiger partial charge in [0.15, 0.2) is 0 Å². The maximum absolute atomic E-state index is 10.6. The number of hydrogen-bond acceptors (Lipinski definition) is 8. The lowest BCUT2D eigenvalue weighted by atomic mass is 10.1. The second-order valence-electron chi connectivity index (χ2n) is 6.60. The predicted molar refractivity (Wildman–Crippen MR) is 119 cm³/mol. The molecule has 0 aromatic rings. The number of thioether (sulfide) groups is 2. The van der Waals surface area contributed by atoms with Crippen LogP contribution in [0.4, 0.5) is 0 Å². The number of aliphatic carboxylic acids is 2. The van der Waals surface area contributed by atoms with Gasteiger partial charge in [0.1, 0.15) is 11.1 Å². The van der Waals surface area contributed by atoms with Crippen molar-refractivity contribution >= 4 is 47.1 Å². The Morgan fingerprint density at radius 1 is 0.821 bits per heavy atom. The summed E-state index contributed by atoms with van der Waals surface area (Å²) in [5, 5.41) is 17.4. The molecule has 10 nitrogen and oxygen atoms in total. The van der Waals surface area contributed by atoms with Crippen molar-refractivity contribution in [3.8, 4) is 0 Å². The molecule has 0 spiro atoms. The SMILES string of the molecule is CC(N)=NCCSCC(C)(N)C(=O)O.CC(N)=NCCSCC(C)(N)C(=O)O. The molecule has 0 aromatic heterocycles. The highest BCUT2D eigenvalue weighted by Gasteiger charge is 2.27. The maximum Gasteiger partial charge on any atom is 0.324 e. The number of rotatable bonds is 12. The summed E-state index contributed by atoms with van der Waals surface area (Å²) < 4.78 is 0. The highest BCUT2D eigenvalue weighted by atomic mass is 32.2. The van der Waals surface area contributed by atoms with Gasteiger partial charge in [-0.05, 0) is 27.7 Å². The van der Waals surface area contributed by atoms with E-state index < -0.39 is 23.0 Å². The van der Waals surface area contributed by atoms with Crippen LogP contribution >= 0.6 is 23.5 Å². The molecule has 0 saturated heterocycles. The Balaban J connectivity index is 0. The molecule has 0 aliphatic carbocycles. The Kier molecular flexibility index (Phi) is 14.9. The molecule has 0 heterocycles. The van der Waals surface area contributed by atoms with Gasteiger partial charge in [-0.2, -0.15) is 23.5 Å². The third kappa shape index (κ3) is 16.7. The van der Waals surface area contributed by atoms with Crippen molar-refractivity contribution in [2.45, 2.75) is 38.8 Å². The summed E-state index contributed by atoms with van der Waals surface area (Å²) in [6.45, 7) is 7.63. The number of nitrogens with two attached hydrogens (primary N) is 4. The van der Waals surface area contributed by atoms with Crippen LogP contribution in [-0.4, -0.2) is 81.0 Å². The molecule has 2 atom stereocenters. The van der Waals surface area contributed by atoms with Crippen LogP contribution in [0.5, 0.6) is 0 Å². The van der Waals surface area contributed by atoms with Crippen LogP contribution < -0.4 is 22.9 Å². The van der Waals surface area contributed by atoms with Crippen molar-refractivity contribution in [1.29, 1.82) is 0 Å². The van der Waals surface area contributed by atoms with E-state index in [1.54, 1.807) is 13.8 Å². The first-order valence-electron chi connectivity index (χ1n) is 8.45. The summed E-state index contributed by atoms with van der Waals surface area (Å²) in [6, 6.07) is 0. The van der Waals surface area contributed by atoms with Crippen molar-refractivity contribution in [1.82, 2.24) is 0 Å². The van der Waals surface area contributed by atoms with E-state index in [9.17, 15) is 9.59 Å². The Morgan fingerprint density at radius 2 is 1.11 bits per heavy atom. The van der Waals surface area contributed by atoms with E-state index in [1.165, 1.54) is 37.4 Å². The topological polar surface area (TPSA) is 203 Å². The van der Waals surface area contributed by atoms with Gasteiger partial charge in [-0.25, -0.2) is 0 Å². The Bertz CT molecular complexity index is 497. The highest BCUT2D eigenvalue weighted by molar-refractivity contribution is 7.99. The van der Waals surface area contributed by atoms with Crippen LogP contribution in [0.1, 0.15) is 27.7 Å². The third-order valence-corrected chi connectivity index (χ3v) is 5.52. The molecular weight excluding hydrogens is 404 g/mol. The maximum atomic E-state index is 10.6. The van der Waals surface area contributed by atoms with E-state index in [4.69, 9.17) is 33.1 Å². The molecule has 0 fully saturated rings. The molecule has 10 N–H and O–H groups in total. The van der Waals surface area contributed by atoms with Gasteiger partial charge in [0, 0.05) is 36.1 Å².